The van der Waals surface area contributed by atoms with Gasteiger partial charge in [-0.25, -0.2) is 13.8 Å². The van der Waals surface area contributed by atoms with Crippen LogP contribution in [0.15, 0.2) is 76.7 Å². The van der Waals surface area contributed by atoms with Crippen LogP contribution in [-0.2, 0) is 24.3 Å². The number of aryl methyl sites for hydroxylation is 1. The number of hydrogen-bond donors (Lipinski definition) is 2. The lowest BCUT2D eigenvalue weighted by Crippen LogP contribution is -2.39. The topological polar surface area (TPSA) is 179 Å². The van der Waals surface area contributed by atoms with Gasteiger partial charge < -0.3 is 19.5 Å². The number of carbonyl (C=O) groups is 2. The third-order valence-corrected chi connectivity index (χ3v) is 8.59. The van der Waals surface area contributed by atoms with Gasteiger partial charge in [0.2, 0.25) is 0 Å². The van der Waals surface area contributed by atoms with Crippen molar-refractivity contribution in [1.82, 2.24) is 10.7 Å². The monoisotopic (exact) mass is 639 g/mol. The molecule has 0 bridgehead atoms. The fourth-order valence-corrected chi connectivity index (χ4v) is 5.81. The summed E-state index contributed by atoms with van der Waals surface area (Å²) in [5, 5.41) is 18.1. The first-order valence-corrected chi connectivity index (χ1v) is 15.4. The molecule has 2 amide bonds. The molecule has 0 spiro atoms. The highest BCUT2D eigenvalue weighted by Gasteiger charge is 2.29. The van der Waals surface area contributed by atoms with Crippen molar-refractivity contribution in [2.75, 3.05) is 37.7 Å². The van der Waals surface area contributed by atoms with E-state index in [1.165, 1.54) is 56.6 Å². The number of methoxy groups -OCH3 is 1. The Kier molecular flexibility index (Phi) is 11.0. The van der Waals surface area contributed by atoms with Crippen molar-refractivity contribution in [3.63, 3.8) is 0 Å². The van der Waals surface area contributed by atoms with Gasteiger partial charge in [0, 0.05) is 24.8 Å². The summed E-state index contributed by atoms with van der Waals surface area (Å²) in [4.78, 5) is 35.3. The first-order valence-electron chi connectivity index (χ1n) is 13.9. The van der Waals surface area contributed by atoms with E-state index >= 15 is 0 Å². The van der Waals surface area contributed by atoms with Crippen molar-refractivity contribution >= 4 is 39.4 Å². The van der Waals surface area contributed by atoms with E-state index in [9.17, 15) is 28.1 Å². The van der Waals surface area contributed by atoms with Gasteiger partial charge in [-0.2, -0.15) is 5.10 Å². The number of sulfonamides is 1. The van der Waals surface area contributed by atoms with E-state index in [0.29, 0.717) is 30.2 Å². The second-order valence-electron chi connectivity index (χ2n) is 10.0. The van der Waals surface area contributed by atoms with Crippen LogP contribution in [0.1, 0.15) is 24.0 Å². The molecule has 3 aromatic carbocycles. The van der Waals surface area contributed by atoms with Gasteiger partial charge in [0.1, 0.15) is 18.0 Å². The smallest absolute Gasteiger partial charge is 0.273 e. The fraction of sp³-hybridized carbons (Fsp3) is 0.300. The molecule has 45 heavy (non-hydrogen) atoms. The zero-order valence-electron chi connectivity index (χ0n) is 24.7. The van der Waals surface area contributed by atoms with Gasteiger partial charge >= 0.3 is 0 Å². The molecule has 0 aromatic heterocycles. The lowest BCUT2D eigenvalue weighted by atomic mass is 10.2. The fourth-order valence-electron chi connectivity index (χ4n) is 4.36. The van der Waals surface area contributed by atoms with Gasteiger partial charge in [-0.05, 0) is 79.9 Å². The minimum absolute atomic E-state index is 0.0418. The summed E-state index contributed by atoms with van der Waals surface area (Å²) >= 11 is 0. The first-order chi connectivity index (χ1) is 21.6. The minimum atomic E-state index is -4.42. The van der Waals surface area contributed by atoms with Crippen molar-refractivity contribution in [2.45, 2.75) is 30.8 Å². The number of rotatable bonds is 14. The molecule has 4 rings (SSSR count). The molecule has 3 aromatic rings. The SMILES string of the molecule is COc1ccc(N(CC(=O)N/N=C/c2ccc(OCC(=O)NCC3CCCO3)cc2)S(=O)(=O)c2ccc(C)c([N+](=O)[O-])c2)cc1. The normalized spacial score (nSPS) is 14.6. The molecule has 1 aliphatic rings. The van der Waals surface area contributed by atoms with E-state index < -0.39 is 27.4 Å². The van der Waals surface area contributed by atoms with E-state index in [1.54, 1.807) is 24.3 Å². The summed E-state index contributed by atoms with van der Waals surface area (Å²) in [6.07, 6.45) is 3.30. The Morgan fingerprint density at radius 2 is 1.80 bits per heavy atom. The summed E-state index contributed by atoms with van der Waals surface area (Å²) in [5.74, 6) is -0.100. The van der Waals surface area contributed by atoms with Crippen LogP contribution in [0.5, 0.6) is 11.5 Å². The average Bonchev–Trinajstić information content (AvgIpc) is 3.56. The zero-order chi connectivity index (χ0) is 32.4. The molecule has 0 aliphatic carbocycles. The summed E-state index contributed by atoms with van der Waals surface area (Å²) < 4.78 is 44.2. The predicted molar refractivity (Wildman–Crippen MR) is 165 cm³/mol. The van der Waals surface area contributed by atoms with Crippen molar-refractivity contribution in [1.29, 1.82) is 0 Å². The van der Waals surface area contributed by atoms with Crippen LogP contribution in [-0.4, -0.2) is 70.9 Å². The number of carbonyl (C=O) groups excluding carboxylic acids is 2. The van der Waals surface area contributed by atoms with Crippen LogP contribution >= 0.6 is 0 Å². The van der Waals surface area contributed by atoms with Crippen molar-refractivity contribution < 1.29 is 37.1 Å². The summed E-state index contributed by atoms with van der Waals surface area (Å²) in [7, 11) is -2.96. The molecule has 14 nitrogen and oxygen atoms in total. The van der Waals surface area contributed by atoms with Crippen molar-refractivity contribution in [2.24, 2.45) is 5.10 Å². The molecule has 1 heterocycles. The maximum Gasteiger partial charge on any atom is 0.273 e. The van der Waals surface area contributed by atoms with E-state index in [-0.39, 0.29) is 40.5 Å². The summed E-state index contributed by atoms with van der Waals surface area (Å²) in [6, 6.07) is 16.1. The third-order valence-electron chi connectivity index (χ3n) is 6.82. The zero-order valence-corrected chi connectivity index (χ0v) is 25.5. The molecular weight excluding hydrogens is 606 g/mol. The summed E-state index contributed by atoms with van der Waals surface area (Å²) in [5.41, 5.74) is 2.96. The van der Waals surface area contributed by atoms with E-state index in [1.807, 2.05) is 0 Å². The van der Waals surface area contributed by atoms with Gasteiger partial charge in [0.05, 0.1) is 34.9 Å². The van der Waals surface area contributed by atoms with Crippen LogP contribution < -0.4 is 24.5 Å². The Labute approximate surface area is 260 Å². The number of anilines is 1. The number of amides is 2. The third kappa shape index (κ3) is 9.00. The Hall–Kier alpha value is -5.02. The van der Waals surface area contributed by atoms with Gasteiger partial charge in [-0.15, -0.1) is 0 Å². The van der Waals surface area contributed by atoms with E-state index in [2.05, 4.69) is 15.8 Å². The Bertz CT molecular complexity index is 1640. The molecule has 0 radical (unpaired) electrons. The second kappa shape index (κ2) is 15.1. The Morgan fingerprint density at radius 1 is 1.09 bits per heavy atom. The first kappa shape index (κ1) is 32.9. The standard InChI is InChI=1S/C30H33N5O9S/c1-21-5-14-27(16-28(21)35(38)39)45(40,41)34(23-8-12-24(42-2)13-9-23)19-29(36)33-32-17-22-6-10-25(11-7-22)44-20-30(37)31-18-26-4-3-15-43-26/h5-14,16-17,26H,3-4,15,18-20H2,1-2H3,(H,31,37)(H,33,36)/b32-17+. The predicted octanol–water partition coefficient (Wildman–Crippen LogP) is 2.93. The van der Waals surface area contributed by atoms with E-state index in [4.69, 9.17) is 14.2 Å². The van der Waals surface area contributed by atoms with Crippen LogP contribution in [0.4, 0.5) is 11.4 Å². The van der Waals surface area contributed by atoms with E-state index in [0.717, 1.165) is 23.2 Å². The molecular formula is C30H33N5O9S. The number of benzene rings is 3. The van der Waals surface area contributed by atoms with Crippen LogP contribution in [0.2, 0.25) is 0 Å². The highest BCUT2D eigenvalue weighted by atomic mass is 32.2. The molecule has 1 fully saturated rings. The van der Waals surface area contributed by atoms with Gasteiger partial charge in [0.25, 0.3) is 27.5 Å². The quantitative estimate of drug-likeness (QED) is 0.152. The maximum atomic E-state index is 13.6. The number of nitrogens with zero attached hydrogens (tertiary/aromatic N) is 3. The number of nitro benzene ring substituents is 1. The average molecular weight is 640 g/mol. The maximum absolute atomic E-state index is 13.6. The van der Waals surface area contributed by atoms with Gasteiger partial charge in [-0.3, -0.25) is 24.0 Å². The summed E-state index contributed by atoms with van der Waals surface area (Å²) in [6.45, 7) is 1.83. The molecule has 1 aliphatic heterocycles. The lowest BCUT2D eigenvalue weighted by molar-refractivity contribution is -0.385. The van der Waals surface area contributed by atoms with Crippen LogP contribution in [0, 0.1) is 17.0 Å². The Balaban J connectivity index is 1.38. The number of hydrazone groups is 1. The molecule has 1 unspecified atom stereocenters. The molecule has 238 valence electrons. The lowest BCUT2D eigenvalue weighted by Gasteiger charge is -2.24. The van der Waals surface area contributed by atoms with Crippen LogP contribution in [0.25, 0.3) is 0 Å². The van der Waals surface area contributed by atoms with Gasteiger partial charge in [0.15, 0.2) is 6.61 Å². The highest BCUT2D eigenvalue weighted by Crippen LogP contribution is 2.29. The van der Waals surface area contributed by atoms with Crippen molar-refractivity contribution in [3.8, 4) is 11.5 Å². The number of nitrogens with one attached hydrogen (secondary N) is 2. The molecule has 15 heteroatoms. The number of nitro groups is 1. The van der Waals surface area contributed by atoms with Gasteiger partial charge in [-0.1, -0.05) is 6.07 Å². The molecule has 1 saturated heterocycles. The largest absolute Gasteiger partial charge is 0.497 e. The van der Waals surface area contributed by atoms with Crippen molar-refractivity contribution in [3.05, 3.63) is 88.0 Å². The second-order valence-corrected chi connectivity index (χ2v) is 11.9. The molecule has 0 saturated carbocycles. The number of ether oxygens (including phenoxy) is 3. The molecule has 2 N–H and O–H groups in total. The number of hydrogen-bond acceptors (Lipinski definition) is 10. The van der Waals surface area contributed by atoms with Crippen LogP contribution in [0.3, 0.4) is 0 Å². The Morgan fingerprint density at radius 3 is 2.44 bits per heavy atom. The molecule has 1 atom stereocenters. The highest BCUT2D eigenvalue weighted by molar-refractivity contribution is 7.92. The minimum Gasteiger partial charge on any atom is -0.497 e.